The first-order valence-electron chi connectivity index (χ1n) is 4.96. The Bertz CT molecular complexity index is 377. The molecule has 0 amide bonds. The molecule has 1 unspecified atom stereocenters. The standard InChI is InChI=1S/C11H12ClF3O2/c1-7(16)8-2-3-10(9(12)6-8)17-5-4-11(13,14)15/h2-3,6-7,16H,4-5H2,1H3. The highest BCUT2D eigenvalue weighted by Crippen LogP contribution is 2.28. The molecule has 0 aromatic heterocycles. The third-order valence-electron chi connectivity index (χ3n) is 2.08. The van der Waals surface area contributed by atoms with Crippen molar-refractivity contribution in [1.82, 2.24) is 0 Å². The Kier molecular flexibility index (Phi) is 4.65. The lowest BCUT2D eigenvalue weighted by Gasteiger charge is -2.11. The summed E-state index contributed by atoms with van der Waals surface area (Å²) in [5.74, 6) is 0.181. The number of benzene rings is 1. The number of hydrogen-bond donors (Lipinski definition) is 1. The van der Waals surface area contributed by atoms with Gasteiger partial charge in [-0.3, -0.25) is 0 Å². The first kappa shape index (κ1) is 14.1. The van der Waals surface area contributed by atoms with Crippen LogP contribution in [0.5, 0.6) is 5.75 Å². The lowest BCUT2D eigenvalue weighted by atomic mass is 10.1. The summed E-state index contributed by atoms with van der Waals surface area (Å²) in [6.07, 6.45) is -5.95. The quantitative estimate of drug-likeness (QED) is 0.902. The summed E-state index contributed by atoms with van der Waals surface area (Å²) in [6.45, 7) is 1.09. The third-order valence-corrected chi connectivity index (χ3v) is 2.38. The van der Waals surface area contributed by atoms with Crippen LogP contribution in [0.1, 0.15) is 25.0 Å². The molecule has 0 aliphatic rings. The Morgan fingerprint density at radius 3 is 2.53 bits per heavy atom. The molecule has 0 saturated carbocycles. The number of rotatable bonds is 4. The van der Waals surface area contributed by atoms with E-state index in [1.165, 1.54) is 12.1 Å². The molecule has 0 heterocycles. The maximum absolute atomic E-state index is 11.9. The van der Waals surface area contributed by atoms with E-state index in [0.717, 1.165) is 0 Å². The van der Waals surface area contributed by atoms with Crippen LogP contribution in [0.4, 0.5) is 13.2 Å². The molecule has 1 atom stereocenters. The van der Waals surface area contributed by atoms with Crippen LogP contribution in [-0.4, -0.2) is 17.9 Å². The van der Waals surface area contributed by atoms with Crippen LogP contribution in [0, 0.1) is 0 Å². The average Bonchev–Trinajstić information content (AvgIpc) is 2.18. The van der Waals surface area contributed by atoms with Crippen molar-refractivity contribution in [3.05, 3.63) is 28.8 Å². The molecule has 0 aliphatic carbocycles. The smallest absolute Gasteiger partial charge is 0.392 e. The van der Waals surface area contributed by atoms with Crippen molar-refractivity contribution in [2.45, 2.75) is 25.6 Å². The number of ether oxygens (including phenoxy) is 1. The number of aliphatic hydroxyl groups is 1. The number of alkyl halides is 3. The van der Waals surface area contributed by atoms with E-state index in [1.807, 2.05) is 0 Å². The second kappa shape index (κ2) is 5.60. The Morgan fingerprint density at radius 2 is 2.06 bits per heavy atom. The summed E-state index contributed by atoms with van der Waals surface area (Å²) in [5.41, 5.74) is 0.582. The molecule has 6 heteroatoms. The Labute approximate surface area is 102 Å². The van der Waals surface area contributed by atoms with E-state index in [-0.39, 0.29) is 10.8 Å². The molecular formula is C11H12ClF3O2. The van der Waals surface area contributed by atoms with Gasteiger partial charge in [-0.15, -0.1) is 0 Å². The Balaban J connectivity index is 2.61. The minimum absolute atomic E-state index is 0.181. The van der Waals surface area contributed by atoms with Crippen LogP contribution >= 0.6 is 11.6 Å². The molecule has 1 aromatic carbocycles. The van der Waals surface area contributed by atoms with E-state index < -0.39 is 25.3 Å². The second-order valence-electron chi connectivity index (χ2n) is 3.58. The van der Waals surface area contributed by atoms with Gasteiger partial charge < -0.3 is 9.84 Å². The van der Waals surface area contributed by atoms with E-state index in [1.54, 1.807) is 13.0 Å². The summed E-state index contributed by atoms with van der Waals surface area (Å²) in [4.78, 5) is 0. The predicted molar refractivity (Wildman–Crippen MR) is 58.3 cm³/mol. The van der Waals surface area contributed by atoms with Gasteiger partial charge in [-0.05, 0) is 24.6 Å². The van der Waals surface area contributed by atoms with E-state index in [4.69, 9.17) is 16.3 Å². The third kappa shape index (κ3) is 4.83. The molecule has 0 bridgehead atoms. The minimum atomic E-state index is -4.24. The van der Waals surface area contributed by atoms with Crippen molar-refractivity contribution in [3.63, 3.8) is 0 Å². The average molecular weight is 269 g/mol. The molecule has 2 nitrogen and oxygen atoms in total. The van der Waals surface area contributed by atoms with E-state index >= 15 is 0 Å². The maximum Gasteiger partial charge on any atom is 0.392 e. The summed E-state index contributed by atoms with van der Waals surface area (Å²) in [5, 5.41) is 9.46. The zero-order valence-corrected chi connectivity index (χ0v) is 9.85. The highest BCUT2D eigenvalue weighted by molar-refractivity contribution is 6.32. The number of hydrogen-bond acceptors (Lipinski definition) is 2. The van der Waals surface area contributed by atoms with Crippen LogP contribution in [0.3, 0.4) is 0 Å². The van der Waals surface area contributed by atoms with Crippen molar-refractivity contribution in [2.24, 2.45) is 0 Å². The van der Waals surface area contributed by atoms with Gasteiger partial charge >= 0.3 is 6.18 Å². The highest BCUT2D eigenvalue weighted by atomic mass is 35.5. The summed E-state index contributed by atoms with van der Waals surface area (Å²) in [6, 6.07) is 4.47. The fourth-order valence-electron chi connectivity index (χ4n) is 1.17. The van der Waals surface area contributed by atoms with Crippen molar-refractivity contribution in [1.29, 1.82) is 0 Å². The normalized spacial score (nSPS) is 13.5. The van der Waals surface area contributed by atoms with Gasteiger partial charge in [-0.1, -0.05) is 17.7 Å². The van der Waals surface area contributed by atoms with Gasteiger partial charge in [0.2, 0.25) is 0 Å². The topological polar surface area (TPSA) is 29.5 Å². The van der Waals surface area contributed by atoms with Crippen LogP contribution in [0.25, 0.3) is 0 Å². The largest absolute Gasteiger partial charge is 0.492 e. The fraction of sp³-hybridized carbons (Fsp3) is 0.455. The molecule has 17 heavy (non-hydrogen) atoms. The SMILES string of the molecule is CC(O)c1ccc(OCCC(F)(F)F)c(Cl)c1. The van der Waals surface area contributed by atoms with Gasteiger partial charge in [-0.25, -0.2) is 0 Å². The van der Waals surface area contributed by atoms with Gasteiger partial charge in [0.25, 0.3) is 0 Å². The monoisotopic (exact) mass is 268 g/mol. The highest BCUT2D eigenvalue weighted by Gasteiger charge is 2.26. The lowest BCUT2D eigenvalue weighted by molar-refractivity contribution is -0.139. The molecule has 1 aromatic rings. The maximum atomic E-state index is 11.9. The van der Waals surface area contributed by atoms with Crippen molar-refractivity contribution in [3.8, 4) is 5.75 Å². The minimum Gasteiger partial charge on any atom is -0.492 e. The van der Waals surface area contributed by atoms with E-state index in [2.05, 4.69) is 0 Å². The van der Waals surface area contributed by atoms with E-state index in [9.17, 15) is 18.3 Å². The zero-order valence-electron chi connectivity index (χ0n) is 9.09. The second-order valence-corrected chi connectivity index (χ2v) is 3.99. The molecule has 1 N–H and O–H groups in total. The molecule has 0 radical (unpaired) electrons. The predicted octanol–water partition coefficient (Wildman–Crippen LogP) is 3.72. The molecule has 96 valence electrons. The Morgan fingerprint density at radius 1 is 1.41 bits per heavy atom. The van der Waals surface area contributed by atoms with Gasteiger partial charge in [0.15, 0.2) is 0 Å². The molecule has 0 aliphatic heterocycles. The number of aliphatic hydroxyl groups excluding tert-OH is 1. The van der Waals surface area contributed by atoms with Crippen molar-refractivity contribution >= 4 is 11.6 Å². The fourth-order valence-corrected chi connectivity index (χ4v) is 1.41. The lowest BCUT2D eigenvalue weighted by Crippen LogP contribution is -2.13. The summed E-state index contributed by atoms with van der Waals surface area (Å²) >= 11 is 5.81. The zero-order chi connectivity index (χ0) is 13.1. The molecule has 0 saturated heterocycles. The van der Waals surface area contributed by atoms with E-state index in [0.29, 0.717) is 5.56 Å². The first-order chi connectivity index (χ1) is 7.79. The molecule has 1 rings (SSSR count). The van der Waals surface area contributed by atoms with Gasteiger partial charge in [0, 0.05) is 0 Å². The van der Waals surface area contributed by atoms with Gasteiger partial charge in [-0.2, -0.15) is 13.2 Å². The first-order valence-corrected chi connectivity index (χ1v) is 5.34. The van der Waals surface area contributed by atoms with Crippen molar-refractivity contribution in [2.75, 3.05) is 6.61 Å². The molecule has 0 spiro atoms. The van der Waals surface area contributed by atoms with Crippen LogP contribution in [0.2, 0.25) is 5.02 Å². The van der Waals surface area contributed by atoms with Crippen molar-refractivity contribution < 1.29 is 23.0 Å². The van der Waals surface area contributed by atoms with Gasteiger partial charge in [0.05, 0.1) is 24.2 Å². The van der Waals surface area contributed by atoms with Crippen LogP contribution in [-0.2, 0) is 0 Å². The van der Waals surface area contributed by atoms with Crippen LogP contribution in [0.15, 0.2) is 18.2 Å². The van der Waals surface area contributed by atoms with Gasteiger partial charge in [0.1, 0.15) is 5.75 Å². The Hall–Kier alpha value is -0.940. The van der Waals surface area contributed by atoms with Crippen LogP contribution < -0.4 is 4.74 Å². The summed E-state index contributed by atoms with van der Waals surface area (Å²) in [7, 11) is 0. The number of halogens is 4. The summed E-state index contributed by atoms with van der Waals surface area (Å²) < 4.78 is 40.6. The molecule has 0 fully saturated rings. The molecular weight excluding hydrogens is 257 g/mol.